The van der Waals surface area contributed by atoms with Crippen molar-refractivity contribution in [1.82, 2.24) is 39.7 Å². The molecule has 3 aromatic heterocycles. The third-order valence-electron chi connectivity index (χ3n) is 6.11. The molecular weight excluding hydrogens is 459 g/mol. The van der Waals surface area contributed by atoms with Crippen molar-refractivity contribution >= 4 is 34.4 Å². The molecule has 0 saturated heterocycles. The number of imidazole rings is 1. The van der Waals surface area contributed by atoms with Gasteiger partial charge in [0, 0.05) is 6.54 Å². The number of nitrogens with zero attached hydrogens (tertiary/aromatic N) is 8. The Labute approximate surface area is 206 Å². The van der Waals surface area contributed by atoms with Crippen LogP contribution in [0.4, 0.5) is 0 Å². The van der Waals surface area contributed by atoms with Crippen molar-refractivity contribution in [2.24, 2.45) is 0 Å². The zero-order valence-electron chi connectivity index (χ0n) is 19.7. The molecule has 33 heavy (non-hydrogen) atoms. The number of aromatic nitrogens is 8. The average molecular weight is 496 g/mol. The topological polar surface area (TPSA) is 87.2 Å². The van der Waals surface area contributed by atoms with E-state index in [1.165, 1.54) is 83.4 Å². The SMILES string of the molecule is Cc1nc2nc(Cl)nc(Cl)c2n1CCCCCCCCCCCCCCCCn1ncnn1. The lowest BCUT2D eigenvalue weighted by atomic mass is 10.0. The fourth-order valence-corrected chi connectivity index (χ4v) is 4.76. The summed E-state index contributed by atoms with van der Waals surface area (Å²) >= 11 is 12.2. The summed E-state index contributed by atoms with van der Waals surface area (Å²) in [5, 5.41) is 12.2. The van der Waals surface area contributed by atoms with Gasteiger partial charge in [0.2, 0.25) is 5.28 Å². The van der Waals surface area contributed by atoms with E-state index in [-0.39, 0.29) is 5.28 Å². The van der Waals surface area contributed by atoms with Gasteiger partial charge in [-0.1, -0.05) is 88.7 Å². The van der Waals surface area contributed by atoms with Crippen molar-refractivity contribution in [1.29, 1.82) is 0 Å². The van der Waals surface area contributed by atoms with Crippen LogP contribution in [0.3, 0.4) is 0 Å². The van der Waals surface area contributed by atoms with Crippen LogP contribution in [0, 0.1) is 6.92 Å². The molecule has 0 aromatic carbocycles. The van der Waals surface area contributed by atoms with Crippen molar-refractivity contribution in [3.05, 3.63) is 22.6 Å². The summed E-state index contributed by atoms with van der Waals surface area (Å²) in [4.78, 5) is 14.4. The highest BCUT2D eigenvalue weighted by Gasteiger charge is 2.14. The van der Waals surface area contributed by atoms with Crippen LogP contribution in [0.25, 0.3) is 11.2 Å². The first kappa shape index (κ1) is 25.8. The van der Waals surface area contributed by atoms with Crippen LogP contribution in [0.15, 0.2) is 6.33 Å². The molecule has 0 fully saturated rings. The molecule has 0 bridgehead atoms. The second kappa shape index (κ2) is 14.5. The maximum atomic E-state index is 6.27. The minimum Gasteiger partial charge on any atom is -0.324 e. The van der Waals surface area contributed by atoms with Gasteiger partial charge in [0.1, 0.15) is 11.3 Å². The molecule has 10 heteroatoms. The minimum atomic E-state index is 0.144. The molecule has 0 aliphatic heterocycles. The normalized spacial score (nSPS) is 11.6. The van der Waals surface area contributed by atoms with E-state index in [0.29, 0.717) is 10.8 Å². The van der Waals surface area contributed by atoms with Crippen molar-refractivity contribution in [3.8, 4) is 0 Å². The first-order chi connectivity index (χ1) is 16.1. The second-order valence-electron chi connectivity index (χ2n) is 8.75. The summed E-state index contributed by atoms with van der Waals surface area (Å²) in [6, 6.07) is 0. The number of aryl methyl sites for hydroxylation is 3. The van der Waals surface area contributed by atoms with Crippen molar-refractivity contribution < 1.29 is 0 Å². The van der Waals surface area contributed by atoms with E-state index in [1.54, 1.807) is 4.80 Å². The number of tetrazole rings is 1. The predicted octanol–water partition coefficient (Wildman–Crippen LogP) is 6.59. The summed E-state index contributed by atoms with van der Waals surface area (Å²) in [6.45, 7) is 3.76. The van der Waals surface area contributed by atoms with Crippen LogP contribution in [-0.4, -0.2) is 39.7 Å². The number of halogens is 2. The van der Waals surface area contributed by atoms with Crippen LogP contribution in [0.2, 0.25) is 10.4 Å². The van der Waals surface area contributed by atoms with E-state index >= 15 is 0 Å². The van der Waals surface area contributed by atoms with E-state index in [1.807, 2.05) is 6.92 Å². The Kier molecular flexibility index (Phi) is 11.3. The largest absolute Gasteiger partial charge is 0.324 e. The standard InChI is InChI=1S/C23H36Cl2N8/c1-19-28-22-20(21(24)29-23(25)30-22)32(19)16-14-12-10-8-6-4-2-3-5-7-9-11-13-15-17-33-27-18-26-31-33/h18H,2-17H2,1H3. The zero-order chi connectivity index (χ0) is 23.3. The fourth-order valence-electron chi connectivity index (χ4n) is 4.29. The van der Waals surface area contributed by atoms with Gasteiger partial charge in [0.15, 0.2) is 17.1 Å². The molecule has 0 saturated carbocycles. The number of hydrogen-bond donors (Lipinski definition) is 0. The predicted molar refractivity (Wildman–Crippen MR) is 133 cm³/mol. The van der Waals surface area contributed by atoms with Crippen molar-refractivity contribution in [2.75, 3.05) is 0 Å². The van der Waals surface area contributed by atoms with Gasteiger partial charge in [-0.3, -0.25) is 0 Å². The fraction of sp³-hybridized carbons (Fsp3) is 0.739. The first-order valence-corrected chi connectivity index (χ1v) is 13.2. The third kappa shape index (κ3) is 8.81. The van der Waals surface area contributed by atoms with Gasteiger partial charge >= 0.3 is 0 Å². The lowest BCUT2D eigenvalue weighted by Crippen LogP contribution is -2.02. The van der Waals surface area contributed by atoms with Crippen LogP contribution >= 0.6 is 23.2 Å². The highest BCUT2D eigenvalue weighted by atomic mass is 35.5. The van der Waals surface area contributed by atoms with E-state index < -0.39 is 0 Å². The molecule has 8 nitrogen and oxygen atoms in total. The number of unbranched alkanes of at least 4 members (excludes halogenated alkanes) is 13. The average Bonchev–Trinajstić information content (AvgIpc) is 3.41. The third-order valence-corrected chi connectivity index (χ3v) is 6.54. The molecule has 182 valence electrons. The van der Waals surface area contributed by atoms with Gasteiger partial charge in [-0.15, -0.1) is 10.2 Å². The Morgan fingerprint density at radius 1 is 0.697 bits per heavy atom. The smallest absolute Gasteiger partial charge is 0.225 e. The lowest BCUT2D eigenvalue weighted by molar-refractivity contribution is 0.470. The summed E-state index contributed by atoms with van der Waals surface area (Å²) < 4.78 is 2.11. The van der Waals surface area contributed by atoms with Gasteiger partial charge in [-0.05, 0) is 36.6 Å². The lowest BCUT2D eigenvalue weighted by Gasteiger charge is -2.07. The summed E-state index contributed by atoms with van der Waals surface area (Å²) in [6.07, 6.45) is 19.7. The van der Waals surface area contributed by atoms with Crippen molar-refractivity contribution in [3.63, 3.8) is 0 Å². The maximum absolute atomic E-state index is 6.27. The van der Waals surface area contributed by atoms with E-state index in [9.17, 15) is 0 Å². The Balaban J connectivity index is 1.12. The summed E-state index contributed by atoms with van der Waals surface area (Å²) in [5.74, 6) is 0.910. The molecule has 0 N–H and O–H groups in total. The van der Waals surface area contributed by atoms with Gasteiger partial charge in [0.25, 0.3) is 0 Å². The van der Waals surface area contributed by atoms with Gasteiger partial charge in [0.05, 0.1) is 6.54 Å². The second-order valence-corrected chi connectivity index (χ2v) is 9.44. The number of fused-ring (bicyclic) bond motifs is 1. The Hall–Kier alpha value is -1.80. The molecule has 0 atom stereocenters. The van der Waals surface area contributed by atoms with Crippen LogP contribution in [-0.2, 0) is 13.1 Å². The summed E-state index contributed by atoms with van der Waals surface area (Å²) in [5.41, 5.74) is 1.38. The van der Waals surface area contributed by atoms with Gasteiger partial charge < -0.3 is 4.57 Å². The van der Waals surface area contributed by atoms with Crippen LogP contribution in [0.1, 0.15) is 95.7 Å². The molecule has 0 aliphatic rings. The highest BCUT2D eigenvalue weighted by molar-refractivity contribution is 6.35. The maximum Gasteiger partial charge on any atom is 0.225 e. The molecule has 3 heterocycles. The summed E-state index contributed by atoms with van der Waals surface area (Å²) in [7, 11) is 0. The zero-order valence-corrected chi connectivity index (χ0v) is 21.2. The molecule has 3 aromatic rings. The molecular formula is C23H36Cl2N8. The number of hydrogen-bond acceptors (Lipinski definition) is 6. The van der Waals surface area contributed by atoms with Crippen LogP contribution < -0.4 is 0 Å². The minimum absolute atomic E-state index is 0.144. The molecule has 0 amide bonds. The monoisotopic (exact) mass is 494 g/mol. The van der Waals surface area contributed by atoms with E-state index in [0.717, 1.165) is 37.3 Å². The van der Waals surface area contributed by atoms with Crippen LogP contribution in [0.5, 0.6) is 0 Å². The van der Waals surface area contributed by atoms with Gasteiger partial charge in [-0.25, -0.2) is 9.97 Å². The molecule has 0 spiro atoms. The Bertz CT molecular complexity index is 942. The number of rotatable bonds is 17. The quantitative estimate of drug-likeness (QED) is 0.119. The van der Waals surface area contributed by atoms with E-state index in [2.05, 4.69) is 34.9 Å². The van der Waals surface area contributed by atoms with Crippen molar-refractivity contribution in [2.45, 2.75) is 110 Å². The molecule has 3 rings (SSSR count). The van der Waals surface area contributed by atoms with E-state index in [4.69, 9.17) is 23.2 Å². The molecule has 0 radical (unpaired) electrons. The molecule has 0 unspecified atom stereocenters. The first-order valence-electron chi connectivity index (χ1n) is 12.4. The Morgan fingerprint density at radius 3 is 1.79 bits per heavy atom. The van der Waals surface area contributed by atoms with Gasteiger partial charge in [-0.2, -0.15) is 9.78 Å². The highest BCUT2D eigenvalue weighted by Crippen LogP contribution is 2.24. The molecule has 0 aliphatic carbocycles. The Morgan fingerprint density at radius 2 is 1.24 bits per heavy atom.